The maximum Gasteiger partial charge on any atom is 0.278 e. The van der Waals surface area contributed by atoms with Crippen molar-refractivity contribution in [3.8, 4) is 0 Å². The van der Waals surface area contributed by atoms with Crippen molar-refractivity contribution >= 4 is 21.0 Å². The number of nitrogens with one attached hydrogen (secondary N) is 1. The lowest BCUT2D eigenvalue weighted by Gasteiger charge is -2.08. The molecule has 1 atom stereocenters. The van der Waals surface area contributed by atoms with Gasteiger partial charge in [0.15, 0.2) is 5.25 Å². The van der Waals surface area contributed by atoms with Crippen molar-refractivity contribution in [1.82, 2.24) is 4.98 Å². The molecule has 0 saturated carbocycles. The van der Waals surface area contributed by atoms with Crippen LogP contribution in [0.3, 0.4) is 0 Å². The van der Waals surface area contributed by atoms with Crippen LogP contribution in [0.5, 0.6) is 0 Å². The van der Waals surface area contributed by atoms with Crippen LogP contribution in [-0.2, 0) is 10.1 Å². The topological polar surface area (TPSA) is 113 Å². The Kier molecular flexibility index (Phi) is 3.05. The van der Waals surface area contributed by atoms with Crippen molar-refractivity contribution in [2.45, 2.75) is 5.25 Å². The van der Waals surface area contributed by atoms with Crippen LogP contribution in [0.15, 0.2) is 30.5 Å². The minimum Gasteiger partial charge on any atom is -0.361 e. The molecule has 0 radical (unpaired) electrons. The standard InChI is InChI=1S/C10H10N2O5S/c13-12(14)6-10(18(15,16)17)8-5-11-9-4-2-1-3-7(8)9/h1-5,10-11H,6H2,(H,15,16,17). The summed E-state index contributed by atoms with van der Waals surface area (Å²) in [6, 6.07) is 6.79. The fourth-order valence-corrected chi connectivity index (χ4v) is 2.67. The molecule has 1 heterocycles. The quantitative estimate of drug-likeness (QED) is 0.495. The van der Waals surface area contributed by atoms with E-state index < -0.39 is 26.8 Å². The lowest BCUT2D eigenvalue weighted by molar-refractivity contribution is -0.480. The van der Waals surface area contributed by atoms with Gasteiger partial charge in [-0.05, 0) is 6.07 Å². The molecule has 0 spiro atoms. The van der Waals surface area contributed by atoms with Gasteiger partial charge in [-0.3, -0.25) is 14.7 Å². The number of fused-ring (bicyclic) bond motifs is 1. The largest absolute Gasteiger partial charge is 0.361 e. The first-order valence-electron chi connectivity index (χ1n) is 5.03. The summed E-state index contributed by atoms with van der Waals surface area (Å²) < 4.78 is 31.6. The Hall–Kier alpha value is -1.93. The minimum atomic E-state index is -4.54. The van der Waals surface area contributed by atoms with Crippen LogP contribution in [0.2, 0.25) is 0 Å². The van der Waals surface area contributed by atoms with Gasteiger partial charge in [0.2, 0.25) is 6.54 Å². The summed E-state index contributed by atoms with van der Waals surface area (Å²) in [4.78, 5) is 12.6. The normalized spacial score (nSPS) is 13.6. The molecule has 2 rings (SSSR count). The predicted octanol–water partition coefficient (Wildman–Crippen LogP) is 1.37. The summed E-state index contributed by atoms with van der Waals surface area (Å²) in [5, 5.41) is 9.48. The van der Waals surface area contributed by atoms with Gasteiger partial charge in [0, 0.05) is 27.6 Å². The van der Waals surface area contributed by atoms with Crippen LogP contribution in [-0.4, -0.2) is 29.4 Å². The highest BCUT2D eigenvalue weighted by atomic mass is 32.2. The molecular weight excluding hydrogens is 260 g/mol. The molecule has 0 bridgehead atoms. The maximum absolute atomic E-state index is 11.2. The summed E-state index contributed by atoms with van der Waals surface area (Å²) >= 11 is 0. The lowest BCUT2D eigenvalue weighted by Crippen LogP contribution is -2.20. The van der Waals surface area contributed by atoms with Crippen LogP contribution in [0.1, 0.15) is 10.8 Å². The van der Waals surface area contributed by atoms with Gasteiger partial charge in [-0.2, -0.15) is 8.42 Å². The SMILES string of the molecule is O=[N+]([O-])CC(c1c[nH]c2ccccc12)S(=O)(=O)O. The molecule has 1 aromatic heterocycles. The smallest absolute Gasteiger partial charge is 0.278 e. The van der Waals surface area contributed by atoms with Gasteiger partial charge in [-0.25, -0.2) is 0 Å². The Labute approximate surface area is 102 Å². The molecule has 2 N–H and O–H groups in total. The fraction of sp³-hybridized carbons (Fsp3) is 0.200. The van der Waals surface area contributed by atoms with E-state index in [1.54, 1.807) is 24.3 Å². The Balaban J connectivity index is 2.58. The maximum atomic E-state index is 11.2. The third-order valence-corrected chi connectivity index (χ3v) is 3.76. The van der Waals surface area contributed by atoms with Crippen LogP contribution >= 0.6 is 0 Å². The summed E-state index contributed by atoms with van der Waals surface area (Å²) in [7, 11) is -4.54. The number of benzene rings is 1. The fourth-order valence-electron chi connectivity index (χ4n) is 1.85. The lowest BCUT2D eigenvalue weighted by atomic mass is 10.1. The van der Waals surface area contributed by atoms with E-state index in [4.69, 9.17) is 4.55 Å². The van der Waals surface area contributed by atoms with Crippen molar-refractivity contribution in [3.63, 3.8) is 0 Å². The highest BCUT2D eigenvalue weighted by Crippen LogP contribution is 2.29. The van der Waals surface area contributed by atoms with Crippen LogP contribution in [0.4, 0.5) is 0 Å². The van der Waals surface area contributed by atoms with E-state index in [1.807, 2.05) is 0 Å². The molecule has 0 aliphatic rings. The summed E-state index contributed by atoms with van der Waals surface area (Å²) in [6.45, 7) is -0.874. The van der Waals surface area contributed by atoms with Crippen LogP contribution in [0.25, 0.3) is 10.9 Å². The molecule has 1 unspecified atom stereocenters. The van der Waals surface area contributed by atoms with Crippen molar-refractivity contribution < 1.29 is 17.9 Å². The summed E-state index contributed by atoms with van der Waals surface area (Å²) in [5.74, 6) is 0. The Morgan fingerprint density at radius 1 is 1.39 bits per heavy atom. The van der Waals surface area contributed by atoms with Crippen LogP contribution < -0.4 is 0 Å². The van der Waals surface area contributed by atoms with E-state index in [2.05, 4.69) is 4.98 Å². The van der Waals surface area contributed by atoms with Gasteiger partial charge in [-0.15, -0.1) is 0 Å². The van der Waals surface area contributed by atoms with E-state index in [9.17, 15) is 18.5 Å². The summed E-state index contributed by atoms with van der Waals surface area (Å²) in [6.07, 6.45) is 1.37. The first kappa shape index (κ1) is 12.5. The van der Waals surface area contributed by atoms with E-state index in [1.165, 1.54) is 6.20 Å². The Bertz CT molecular complexity index is 691. The molecule has 8 heteroatoms. The van der Waals surface area contributed by atoms with Crippen molar-refractivity contribution in [2.75, 3.05) is 6.54 Å². The van der Waals surface area contributed by atoms with Gasteiger partial charge < -0.3 is 4.98 Å². The number of hydrogen-bond acceptors (Lipinski definition) is 4. The zero-order valence-corrected chi connectivity index (χ0v) is 9.92. The van der Waals surface area contributed by atoms with Gasteiger partial charge in [0.1, 0.15) is 0 Å². The highest BCUT2D eigenvalue weighted by Gasteiger charge is 2.32. The van der Waals surface area contributed by atoms with Crippen molar-refractivity contribution in [3.05, 3.63) is 46.1 Å². The molecule has 96 valence electrons. The third-order valence-electron chi connectivity index (χ3n) is 2.64. The van der Waals surface area contributed by atoms with Gasteiger partial charge in [0.25, 0.3) is 10.1 Å². The number of para-hydroxylation sites is 1. The number of hydrogen-bond donors (Lipinski definition) is 2. The molecule has 2 aromatic rings. The Morgan fingerprint density at radius 3 is 2.67 bits per heavy atom. The van der Waals surface area contributed by atoms with Crippen molar-refractivity contribution in [2.24, 2.45) is 0 Å². The predicted molar refractivity (Wildman–Crippen MR) is 64.4 cm³/mol. The number of nitro groups is 1. The number of rotatable bonds is 4. The highest BCUT2D eigenvalue weighted by molar-refractivity contribution is 7.86. The molecule has 18 heavy (non-hydrogen) atoms. The minimum absolute atomic E-state index is 0.199. The zero-order chi connectivity index (χ0) is 13.3. The van der Waals surface area contributed by atoms with Crippen LogP contribution in [0, 0.1) is 10.1 Å². The van der Waals surface area contributed by atoms with Gasteiger partial charge in [-0.1, -0.05) is 18.2 Å². The third kappa shape index (κ3) is 2.34. The van der Waals surface area contributed by atoms with E-state index in [-0.39, 0.29) is 5.56 Å². The molecule has 0 fully saturated rings. The summed E-state index contributed by atoms with van der Waals surface area (Å²) in [5.41, 5.74) is 0.856. The number of aromatic amines is 1. The molecular formula is C10H10N2O5S. The average Bonchev–Trinajstić information content (AvgIpc) is 2.67. The molecule has 0 aliphatic carbocycles. The van der Waals surface area contributed by atoms with E-state index in [0.29, 0.717) is 10.9 Å². The second-order valence-corrected chi connectivity index (χ2v) is 5.41. The molecule has 1 aromatic carbocycles. The average molecular weight is 270 g/mol. The second-order valence-electron chi connectivity index (χ2n) is 3.81. The van der Waals surface area contributed by atoms with Gasteiger partial charge >= 0.3 is 0 Å². The molecule has 0 saturated heterocycles. The monoisotopic (exact) mass is 270 g/mol. The number of aromatic nitrogens is 1. The molecule has 0 amide bonds. The number of H-pyrrole nitrogens is 1. The van der Waals surface area contributed by atoms with E-state index >= 15 is 0 Å². The zero-order valence-electron chi connectivity index (χ0n) is 9.11. The van der Waals surface area contributed by atoms with E-state index in [0.717, 1.165) is 0 Å². The molecule has 0 aliphatic heterocycles. The number of nitrogens with zero attached hydrogens (tertiary/aromatic N) is 1. The second kappa shape index (κ2) is 4.39. The molecule has 7 nitrogen and oxygen atoms in total. The van der Waals surface area contributed by atoms with Gasteiger partial charge in [0.05, 0.1) is 0 Å². The first-order chi connectivity index (χ1) is 8.39. The Morgan fingerprint density at radius 2 is 2.06 bits per heavy atom. The van der Waals surface area contributed by atoms with Crippen molar-refractivity contribution in [1.29, 1.82) is 0 Å². The first-order valence-corrected chi connectivity index (χ1v) is 6.54.